The van der Waals surface area contributed by atoms with Gasteiger partial charge in [0.05, 0.1) is 0 Å². The van der Waals surface area contributed by atoms with E-state index < -0.39 is 11.5 Å². The van der Waals surface area contributed by atoms with Crippen LogP contribution in [0.3, 0.4) is 0 Å². The second-order valence-corrected chi connectivity index (χ2v) is 5.55. The molecule has 0 heterocycles. The molecule has 1 N–H and O–H groups in total. The number of carboxylic acids is 1. The first-order valence-corrected chi connectivity index (χ1v) is 7.43. The van der Waals surface area contributed by atoms with Crippen molar-refractivity contribution in [1.82, 2.24) is 4.90 Å². The summed E-state index contributed by atoms with van der Waals surface area (Å²) >= 11 is 0. The van der Waals surface area contributed by atoms with E-state index in [-0.39, 0.29) is 11.9 Å². The Bertz CT molecular complexity index is 507. The van der Waals surface area contributed by atoms with Gasteiger partial charge in [-0.15, -0.1) is 0 Å². The van der Waals surface area contributed by atoms with Crippen LogP contribution in [-0.2, 0) is 21.5 Å². The highest BCUT2D eigenvalue weighted by Crippen LogP contribution is 2.35. The molecule has 0 radical (unpaired) electrons. The fourth-order valence-electron chi connectivity index (χ4n) is 2.98. The summed E-state index contributed by atoms with van der Waals surface area (Å²) in [5.41, 5.74) is 0.485. The summed E-state index contributed by atoms with van der Waals surface area (Å²) in [6.45, 7) is 8.97. The molecule has 0 fully saturated rings. The first-order valence-electron chi connectivity index (χ1n) is 7.43. The van der Waals surface area contributed by atoms with Crippen LogP contribution in [-0.4, -0.2) is 27.9 Å². The molecule has 1 rings (SSSR count). The van der Waals surface area contributed by atoms with E-state index in [1.807, 2.05) is 38.1 Å². The minimum atomic E-state index is -1.31. The highest BCUT2D eigenvalue weighted by molar-refractivity contribution is 5.87. The van der Waals surface area contributed by atoms with Crippen molar-refractivity contribution in [1.29, 1.82) is 0 Å². The van der Waals surface area contributed by atoms with Crippen LogP contribution in [0.25, 0.3) is 0 Å². The van der Waals surface area contributed by atoms with Crippen LogP contribution < -0.4 is 0 Å². The van der Waals surface area contributed by atoms with Crippen molar-refractivity contribution in [3.8, 4) is 0 Å². The molecule has 0 spiro atoms. The van der Waals surface area contributed by atoms with Crippen LogP contribution in [0.5, 0.6) is 0 Å². The molecule has 1 atom stereocenters. The molecule has 0 saturated heterocycles. The number of carboxylic acid groups (broad SMARTS) is 1. The molecule has 21 heavy (non-hydrogen) atoms. The van der Waals surface area contributed by atoms with Gasteiger partial charge < -0.3 is 10.0 Å². The Morgan fingerprint density at radius 2 is 1.71 bits per heavy atom. The van der Waals surface area contributed by atoms with E-state index in [1.165, 1.54) is 11.8 Å². The molecule has 0 bridgehead atoms. The van der Waals surface area contributed by atoms with Gasteiger partial charge in [-0.2, -0.15) is 0 Å². The van der Waals surface area contributed by atoms with E-state index in [0.29, 0.717) is 12.0 Å². The average molecular weight is 291 g/mol. The molecule has 1 aromatic rings. The summed E-state index contributed by atoms with van der Waals surface area (Å²) in [5, 5.41) is 9.88. The van der Waals surface area contributed by atoms with E-state index in [1.54, 1.807) is 6.92 Å². The van der Waals surface area contributed by atoms with E-state index in [9.17, 15) is 14.7 Å². The van der Waals surface area contributed by atoms with Gasteiger partial charge in [0.25, 0.3) is 0 Å². The molecule has 4 heteroatoms. The molecule has 1 aromatic carbocycles. The van der Waals surface area contributed by atoms with Gasteiger partial charge in [-0.25, -0.2) is 4.79 Å². The van der Waals surface area contributed by atoms with Gasteiger partial charge in [-0.3, -0.25) is 4.79 Å². The quantitative estimate of drug-likeness (QED) is 0.875. The second-order valence-electron chi connectivity index (χ2n) is 5.55. The number of carbonyl (C=O) groups is 2. The number of aryl methyl sites for hydroxylation is 1. The fourth-order valence-corrected chi connectivity index (χ4v) is 2.98. The number of hydrogen-bond donors (Lipinski definition) is 1. The second kappa shape index (κ2) is 6.74. The normalized spacial score (nSPS) is 13.8. The molecule has 0 aliphatic heterocycles. The summed E-state index contributed by atoms with van der Waals surface area (Å²) in [6.07, 6.45) is 1.22. The van der Waals surface area contributed by atoms with Crippen LogP contribution in [0.2, 0.25) is 0 Å². The molecule has 0 aromatic heterocycles. The number of hydrogen-bond acceptors (Lipinski definition) is 2. The number of carbonyl (C=O) groups excluding carboxylic acids is 1. The maximum Gasteiger partial charge on any atom is 0.334 e. The zero-order chi connectivity index (χ0) is 16.2. The Morgan fingerprint density at radius 1 is 1.19 bits per heavy atom. The molecule has 4 nitrogen and oxygen atoms in total. The van der Waals surface area contributed by atoms with Crippen molar-refractivity contribution in [3.63, 3.8) is 0 Å². The SMILES string of the molecule is CCc1ccc(C(CC)(C(=O)O)N(C(C)=O)C(C)C)cc1. The summed E-state index contributed by atoms with van der Waals surface area (Å²) in [5.74, 6) is -1.22. The van der Waals surface area contributed by atoms with Gasteiger partial charge in [0, 0.05) is 13.0 Å². The van der Waals surface area contributed by atoms with Crippen molar-refractivity contribution in [3.05, 3.63) is 35.4 Å². The van der Waals surface area contributed by atoms with Crippen LogP contribution in [0.15, 0.2) is 24.3 Å². The van der Waals surface area contributed by atoms with Gasteiger partial charge in [0.2, 0.25) is 5.91 Å². The number of rotatable bonds is 6. The Labute approximate surface area is 126 Å². The highest BCUT2D eigenvalue weighted by atomic mass is 16.4. The zero-order valence-corrected chi connectivity index (χ0v) is 13.5. The van der Waals surface area contributed by atoms with Crippen molar-refractivity contribution in [2.45, 2.75) is 59.0 Å². The van der Waals surface area contributed by atoms with E-state index >= 15 is 0 Å². The molecule has 1 unspecified atom stereocenters. The molecule has 0 aliphatic rings. The molecule has 116 valence electrons. The van der Waals surface area contributed by atoms with Gasteiger partial charge >= 0.3 is 5.97 Å². The van der Waals surface area contributed by atoms with Gasteiger partial charge in [-0.05, 0) is 37.8 Å². The van der Waals surface area contributed by atoms with Crippen molar-refractivity contribution < 1.29 is 14.7 Å². The minimum Gasteiger partial charge on any atom is -0.479 e. The zero-order valence-electron chi connectivity index (χ0n) is 13.5. The van der Waals surface area contributed by atoms with Gasteiger partial charge in [0.15, 0.2) is 5.54 Å². The van der Waals surface area contributed by atoms with Crippen molar-refractivity contribution in [2.75, 3.05) is 0 Å². The molecular weight excluding hydrogens is 266 g/mol. The van der Waals surface area contributed by atoms with Crippen LogP contribution in [0, 0.1) is 0 Å². The molecule has 0 aliphatic carbocycles. The Morgan fingerprint density at radius 3 is 2.00 bits per heavy atom. The Kier molecular flexibility index (Phi) is 5.53. The molecule has 1 amide bonds. The maximum atomic E-state index is 12.1. The lowest BCUT2D eigenvalue weighted by Gasteiger charge is -2.42. The smallest absolute Gasteiger partial charge is 0.334 e. The predicted octanol–water partition coefficient (Wildman–Crippen LogP) is 3.20. The fraction of sp³-hybridized carbons (Fsp3) is 0.529. The molecule has 0 saturated carbocycles. The lowest BCUT2D eigenvalue weighted by atomic mass is 9.83. The predicted molar refractivity (Wildman–Crippen MR) is 83.1 cm³/mol. The Balaban J connectivity index is 3.50. The number of aliphatic carboxylic acids is 1. The summed E-state index contributed by atoms with van der Waals surface area (Å²) in [7, 11) is 0. The Hall–Kier alpha value is -1.84. The van der Waals surface area contributed by atoms with Crippen molar-refractivity contribution >= 4 is 11.9 Å². The van der Waals surface area contributed by atoms with E-state index in [4.69, 9.17) is 0 Å². The average Bonchev–Trinajstić information content (AvgIpc) is 2.43. The largest absolute Gasteiger partial charge is 0.479 e. The van der Waals surface area contributed by atoms with Crippen LogP contribution >= 0.6 is 0 Å². The van der Waals surface area contributed by atoms with Gasteiger partial charge in [0.1, 0.15) is 0 Å². The third-order valence-electron chi connectivity index (χ3n) is 3.97. The highest BCUT2D eigenvalue weighted by Gasteiger charge is 2.47. The maximum absolute atomic E-state index is 12.1. The summed E-state index contributed by atoms with van der Waals surface area (Å²) < 4.78 is 0. The minimum absolute atomic E-state index is 0.190. The monoisotopic (exact) mass is 291 g/mol. The van der Waals surface area contributed by atoms with E-state index in [0.717, 1.165) is 12.0 Å². The lowest BCUT2D eigenvalue weighted by molar-refractivity contribution is -0.162. The first-order chi connectivity index (χ1) is 9.81. The number of nitrogens with zero attached hydrogens (tertiary/aromatic N) is 1. The van der Waals surface area contributed by atoms with Gasteiger partial charge in [-0.1, -0.05) is 38.1 Å². The lowest BCUT2D eigenvalue weighted by Crippen LogP contribution is -2.56. The first kappa shape index (κ1) is 17.2. The summed E-state index contributed by atoms with van der Waals surface area (Å²) in [6, 6.07) is 7.33. The third-order valence-corrected chi connectivity index (χ3v) is 3.97. The topological polar surface area (TPSA) is 57.6 Å². The van der Waals surface area contributed by atoms with Crippen LogP contribution in [0.1, 0.15) is 52.2 Å². The standard InChI is InChI=1S/C17H25NO3/c1-6-14-8-10-15(11-9-14)17(7-2,16(20)21)18(12(3)4)13(5)19/h8-12H,6-7H2,1-5H3,(H,20,21). The third kappa shape index (κ3) is 3.09. The summed E-state index contributed by atoms with van der Waals surface area (Å²) in [4.78, 5) is 25.6. The molecular formula is C17H25NO3. The van der Waals surface area contributed by atoms with Crippen LogP contribution in [0.4, 0.5) is 0 Å². The number of benzene rings is 1. The van der Waals surface area contributed by atoms with Crippen molar-refractivity contribution in [2.24, 2.45) is 0 Å². The number of amides is 1. The van der Waals surface area contributed by atoms with E-state index in [2.05, 4.69) is 6.92 Å².